The van der Waals surface area contributed by atoms with Crippen LogP contribution in [0.3, 0.4) is 0 Å². The number of nitrogens with one attached hydrogen (secondary N) is 1. The molecule has 1 saturated carbocycles. The zero-order chi connectivity index (χ0) is 14.6. The highest BCUT2D eigenvalue weighted by atomic mass is 35.5. The van der Waals surface area contributed by atoms with Gasteiger partial charge in [0, 0.05) is 16.6 Å². The van der Waals surface area contributed by atoms with Crippen LogP contribution < -0.4 is 11.1 Å². The molecule has 0 atom stereocenters. The van der Waals surface area contributed by atoms with Crippen molar-refractivity contribution in [2.75, 3.05) is 6.54 Å². The van der Waals surface area contributed by atoms with Crippen LogP contribution in [0.15, 0.2) is 18.2 Å². The van der Waals surface area contributed by atoms with Gasteiger partial charge in [-0.05, 0) is 37.0 Å². The molecule has 1 aromatic carbocycles. The van der Waals surface area contributed by atoms with E-state index in [1.54, 1.807) is 12.1 Å². The molecule has 0 radical (unpaired) electrons. The molecular weight excluding hydrogens is 295 g/mol. The number of halogens is 2. The Morgan fingerprint density at radius 3 is 2.60 bits per heavy atom. The van der Waals surface area contributed by atoms with Crippen LogP contribution in [0.4, 0.5) is 0 Å². The summed E-state index contributed by atoms with van der Waals surface area (Å²) in [6.45, 7) is 0.541. The predicted molar refractivity (Wildman–Crippen MR) is 83.2 cm³/mol. The molecule has 110 valence electrons. The maximum Gasteiger partial charge on any atom is 0.240 e. The topological polar surface area (TPSA) is 55.1 Å². The van der Waals surface area contributed by atoms with Gasteiger partial charge in [-0.2, -0.15) is 0 Å². The Hall–Kier alpha value is -0.770. The minimum Gasteiger partial charge on any atom is -0.354 e. The summed E-state index contributed by atoms with van der Waals surface area (Å²) >= 11 is 11.9. The summed E-state index contributed by atoms with van der Waals surface area (Å²) in [6, 6.07) is 5.40. The average molecular weight is 315 g/mol. The quantitative estimate of drug-likeness (QED) is 0.895. The molecule has 1 fully saturated rings. The van der Waals surface area contributed by atoms with Crippen LogP contribution in [0, 0.1) is 0 Å². The van der Waals surface area contributed by atoms with Gasteiger partial charge in [-0.25, -0.2) is 0 Å². The smallest absolute Gasteiger partial charge is 0.240 e. The highest BCUT2D eigenvalue weighted by Crippen LogP contribution is 2.26. The Kier molecular flexibility index (Phi) is 5.30. The highest BCUT2D eigenvalue weighted by Gasteiger charge is 2.34. The molecule has 1 aliphatic rings. The summed E-state index contributed by atoms with van der Waals surface area (Å²) < 4.78 is 0. The van der Waals surface area contributed by atoms with Crippen molar-refractivity contribution in [3.8, 4) is 0 Å². The first-order valence-electron chi connectivity index (χ1n) is 7.02. The van der Waals surface area contributed by atoms with Gasteiger partial charge in [0.15, 0.2) is 0 Å². The van der Waals surface area contributed by atoms with E-state index in [0.29, 0.717) is 23.0 Å². The van der Waals surface area contributed by atoms with Crippen LogP contribution in [0.25, 0.3) is 0 Å². The fourth-order valence-corrected chi connectivity index (χ4v) is 3.12. The number of amides is 1. The predicted octanol–water partition coefficient (Wildman–Crippen LogP) is 3.31. The molecule has 0 aliphatic heterocycles. The summed E-state index contributed by atoms with van der Waals surface area (Å²) in [5, 5.41) is 4.18. The van der Waals surface area contributed by atoms with Crippen molar-refractivity contribution in [1.29, 1.82) is 0 Å². The monoisotopic (exact) mass is 314 g/mol. The van der Waals surface area contributed by atoms with Crippen LogP contribution in [-0.2, 0) is 11.2 Å². The van der Waals surface area contributed by atoms with Gasteiger partial charge in [0.05, 0.1) is 5.54 Å². The van der Waals surface area contributed by atoms with E-state index in [2.05, 4.69) is 5.32 Å². The largest absolute Gasteiger partial charge is 0.354 e. The van der Waals surface area contributed by atoms with Crippen molar-refractivity contribution in [1.82, 2.24) is 5.32 Å². The van der Waals surface area contributed by atoms with E-state index in [1.165, 1.54) is 6.42 Å². The lowest BCUT2D eigenvalue weighted by Crippen LogP contribution is -2.55. The van der Waals surface area contributed by atoms with Gasteiger partial charge in [0.2, 0.25) is 5.91 Å². The fraction of sp³-hybridized carbons (Fsp3) is 0.533. The van der Waals surface area contributed by atoms with Crippen molar-refractivity contribution < 1.29 is 4.79 Å². The minimum atomic E-state index is -0.679. The lowest BCUT2D eigenvalue weighted by molar-refractivity contribution is -0.127. The Bertz CT molecular complexity index is 485. The fourth-order valence-electron chi connectivity index (χ4n) is 2.62. The van der Waals surface area contributed by atoms with Gasteiger partial charge in [-0.15, -0.1) is 0 Å². The van der Waals surface area contributed by atoms with Gasteiger partial charge in [-0.3, -0.25) is 4.79 Å². The van der Waals surface area contributed by atoms with E-state index in [1.807, 2.05) is 6.07 Å². The van der Waals surface area contributed by atoms with Gasteiger partial charge < -0.3 is 11.1 Å². The third kappa shape index (κ3) is 3.87. The number of rotatable bonds is 4. The van der Waals surface area contributed by atoms with Crippen molar-refractivity contribution in [2.45, 2.75) is 44.1 Å². The van der Waals surface area contributed by atoms with Crippen LogP contribution >= 0.6 is 23.2 Å². The van der Waals surface area contributed by atoms with Crippen molar-refractivity contribution in [3.05, 3.63) is 33.8 Å². The summed E-state index contributed by atoms with van der Waals surface area (Å²) in [5.74, 6) is -0.0396. The van der Waals surface area contributed by atoms with E-state index in [4.69, 9.17) is 28.9 Å². The number of hydrogen-bond donors (Lipinski definition) is 2. The SMILES string of the molecule is NC1(C(=O)NCCc2ccc(Cl)cc2Cl)CCCCC1. The van der Waals surface area contributed by atoms with E-state index in [0.717, 1.165) is 31.2 Å². The Morgan fingerprint density at radius 1 is 1.25 bits per heavy atom. The minimum absolute atomic E-state index is 0.0396. The molecule has 1 aromatic rings. The number of carbonyl (C=O) groups excluding carboxylic acids is 1. The molecule has 0 unspecified atom stereocenters. The van der Waals surface area contributed by atoms with Crippen LogP contribution in [0.1, 0.15) is 37.7 Å². The van der Waals surface area contributed by atoms with Crippen LogP contribution in [0.5, 0.6) is 0 Å². The summed E-state index contributed by atoms with van der Waals surface area (Å²) in [4.78, 5) is 12.2. The lowest BCUT2D eigenvalue weighted by atomic mass is 9.82. The third-order valence-corrected chi connectivity index (χ3v) is 4.48. The van der Waals surface area contributed by atoms with Crippen molar-refractivity contribution >= 4 is 29.1 Å². The zero-order valence-electron chi connectivity index (χ0n) is 11.4. The molecule has 0 spiro atoms. The standard InChI is InChI=1S/C15H20Cl2N2O/c16-12-5-4-11(13(17)10-12)6-9-19-14(20)15(18)7-2-1-3-8-15/h4-5,10H,1-3,6-9,18H2,(H,19,20). The second kappa shape index (κ2) is 6.79. The second-order valence-electron chi connectivity index (χ2n) is 5.46. The number of hydrogen-bond acceptors (Lipinski definition) is 2. The van der Waals surface area contributed by atoms with E-state index >= 15 is 0 Å². The van der Waals surface area contributed by atoms with E-state index < -0.39 is 5.54 Å². The Balaban J connectivity index is 1.84. The molecule has 2 rings (SSSR count). The molecule has 3 nitrogen and oxygen atoms in total. The van der Waals surface area contributed by atoms with Gasteiger partial charge in [-0.1, -0.05) is 48.5 Å². The molecule has 0 bridgehead atoms. The number of carbonyl (C=O) groups is 1. The van der Waals surface area contributed by atoms with Gasteiger partial charge >= 0.3 is 0 Å². The normalized spacial score (nSPS) is 17.8. The summed E-state index contributed by atoms with van der Waals surface area (Å²) in [5.41, 5.74) is 6.48. The van der Waals surface area contributed by atoms with E-state index in [9.17, 15) is 4.79 Å². The molecule has 3 N–H and O–H groups in total. The average Bonchev–Trinajstić information content (AvgIpc) is 2.42. The third-order valence-electron chi connectivity index (χ3n) is 3.89. The van der Waals surface area contributed by atoms with Crippen molar-refractivity contribution in [3.63, 3.8) is 0 Å². The molecule has 1 aliphatic carbocycles. The summed E-state index contributed by atoms with van der Waals surface area (Å²) in [6.07, 6.45) is 5.48. The molecule has 20 heavy (non-hydrogen) atoms. The molecular formula is C15H20Cl2N2O. The van der Waals surface area contributed by atoms with Gasteiger partial charge in [0.25, 0.3) is 0 Å². The molecule has 5 heteroatoms. The van der Waals surface area contributed by atoms with Crippen molar-refractivity contribution in [2.24, 2.45) is 5.73 Å². The Morgan fingerprint density at radius 2 is 1.95 bits per heavy atom. The molecule has 0 aromatic heterocycles. The van der Waals surface area contributed by atoms with Crippen LogP contribution in [0.2, 0.25) is 10.0 Å². The first kappa shape index (κ1) is 15.6. The number of benzene rings is 1. The second-order valence-corrected chi connectivity index (χ2v) is 6.30. The maximum atomic E-state index is 12.2. The summed E-state index contributed by atoms with van der Waals surface area (Å²) in [7, 11) is 0. The number of nitrogens with two attached hydrogens (primary N) is 1. The van der Waals surface area contributed by atoms with E-state index in [-0.39, 0.29) is 5.91 Å². The Labute approximate surface area is 129 Å². The first-order valence-corrected chi connectivity index (χ1v) is 7.78. The van der Waals surface area contributed by atoms with Crippen LogP contribution in [-0.4, -0.2) is 18.0 Å². The molecule has 0 saturated heterocycles. The molecule has 1 amide bonds. The zero-order valence-corrected chi connectivity index (χ0v) is 12.9. The molecule has 0 heterocycles. The van der Waals surface area contributed by atoms with Gasteiger partial charge in [0.1, 0.15) is 0 Å². The first-order chi connectivity index (χ1) is 9.51. The lowest BCUT2D eigenvalue weighted by Gasteiger charge is -2.31. The maximum absolute atomic E-state index is 12.2. The highest BCUT2D eigenvalue weighted by molar-refractivity contribution is 6.35.